The summed E-state index contributed by atoms with van der Waals surface area (Å²) >= 11 is 1.00. The molecule has 0 amide bonds. The van der Waals surface area contributed by atoms with Crippen molar-refractivity contribution in [2.24, 2.45) is 0 Å². The van der Waals surface area contributed by atoms with Crippen LogP contribution in [0.3, 0.4) is 0 Å². The van der Waals surface area contributed by atoms with Crippen LogP contribution in [0.2, 0.25) is 0 Å². The molecule has 2 atom stereocenters. The number of aliphatic hydroxyl groups is 2. The minimum Gasteiger partial charge on any atom is -0.496 e. The third kappa shape index (κ3) is 3.56. The van der Waals surface area contributed by atoms with E-state index < -0.39 is 12.2 Å². The van der Waals surface area contributed by atoms with Crippen molar-refractivity contribution < 1.29 is 19.7 Å². The lowest BCUT2D eigenvalue weighted by molar-refractivity contribution is -0.109. The van der Waals surface area contributed by atoms with Gasteiger partial charge in [-0.25, -0.2) is 0 Å². The molecule has 0 fully saturated rings. The molecular formula is C16H18O4S. The average molecular weight is 306 g/mol. The maximum Gasteiger partial charge on any atom is 0.185 e. The van der Waals surface area contributed by atoms with E-state index in [0.717, 1.165) is 22.5 Å². The zero-order valence-corrected chi connectivity index (χ0v) is 12.8. The second-order valence-electron chi connectivity index (χ2n) is 4.72. The van der Waals surface area contributed by atoms with Gasteiger partial charge in [-0.2, -0.15) is 0 Å². The van der Waals surface area contributed by atoms with Crippen molar-refractivity contribution in [3.05, 3.63) is 42.0 Å². The van der Waals surface area contributed by atoms with Gasteiger partial charge in [0.05, 0.1) is 13.2 Å². The van der Waals surface area contributed by atoms with E-state index in [1.165, 1.54) is 6.92 Å². The van der Waals surface area contributed by atoms with Gasteiger partial charge in [-0.15, -0.1) is 0 Å². The Bertz CT molecular complexity index is 641. The predicted molar refractivity (Wildman–Crippen MR) is 84.6 cm³/mol. The fraction of sp³-hybridized carbons (Fsp3) is 0.312. The Morgan fingerprint density at radius 3 is 2.48 bits per heavy atom. The maximum absolute atomic E-state index is 11.0. The van der Waals surface area contributed by atoms with Crippen LogP contribution in [0.1, 0.15) is 18.6 Å². The number of carbonyl (C=O) groups excluding carboxylic acids is 1. The van der Waals surface area contributed by atoms with Gasteiger partial charge in [0.15, 0.2) is 5.12 Å². The second-order valence-corrected chi connectivity index (χ2v) is 5.91. The first kappa shape index (κ1) is 15.8. The van der Waals surface area contributed by atoms with Crippen LogP contribution < -0.4 is 4.74 Å². The van der Waals surface area contributed by atoms with Crippen molar-refractivity contribution in [3.63, 3.8) is 0 Å². The summed E-state index contributed by atoms with van der Waals surface area (Å²) in [5.41, 5.74) is 0.628. The molecule has 4 nitrogen and oxygen atoms in total. The first-order chi connectivity index (χ1) is 10.0. The summed E-state index contributed by atoms with van der Waals surface area (Å²) in [4.78, 5) is 11.0. The quantitative estimate of drug-likeness (QED) is 0.888. The number of ether oxygens (including phenoxy) is 1. The van der Waals surface area contributed by atoms with Crippen molar-refractivity contribution in [1.82, 2.24) is 0 Å². The molecule has 0 spiro atoms. The van der Waals surface area contributed by atoms with Gasteiger partial charge in [-0.3, -0.25) is 4.79 Å². The minimum atomic E-state index is -1.05. The van der Waals surface area contributed by atoms with Crippen molar-refractivity contribution >= 4 is 27.6 Å². The van der Waals surface area contributed by atoms with Crippen molar-refractivity contribution in [2.75, 3.05) is 12.9 Å². The van der Waals surface area contributed by atoms with Crippen molar-refractivity contribution in [3.8, 4) is 5.75 Å². The molecule has 2 N–H and O–H groups in total. The van der Waals surface area contributed by atoms with Gasteiger partial charge in [0, 0.05) is 18.1 Å². The highest BCUT2D eigenvalue weighted by Crippen LogP contribution is 2.33. The molecule has 2 aromatic rings. The molecular weight excluding hydrogens is 288 g/mol. The molecule has 0 bridgehead atoms. The van der Waals surface area contributed by atoms with Gasteiger partial charge in [0.1, 0.15) is 11.9 Å². The van der Waals surface area contributed by atoms with Crippen LogP contribution >= 0.6 is 11.8 Å². The SMILES string of the molecule is COc1ccc(C(O)C(O)CSC(C)=O)c2ccccc12. The van der Waals surface area contributed by atoms with Crippen LogP contribution in [-0.2, 0) is 4.79 Å². The van der Waals surface area contributed by atoms with Gasteiger partial charge in [-0.05, 0) is 17.0 Å². The number of aliphatic hydroxyl groups excluding tert-OH is 2. The number of hydrogen-bond donors (Lipinski definition) is 2. The fourth-order valence-electron chi connectivity index (χ4n) is 2.23. The van der Waals surface area contributed by atoms with E-state index in [2.05, 4.69) is 0 Å². The zero-order valence-electron chi connectivity index (χ0n) is 11.9. The molecule has 0 radical (unpaired) electrons. The zero-order chi connectivity index (χ0) is 15.4. The first-order valence-electron chi connectivity index (χ1n) is 6.59. The molecule has 2 rings (SSSR count). The van der Waals surface area contributed by atoms with Gasteiger partial charge >= 0.3 is 0 Å². The Morgan fingerprint density at radius 1 is 1.19 bits per heavy atom. The summed E-state index contributed by atoms with van der Waals surface area (Å²) in [5, 5.41) is 22.0. The Morgan fingerprint density at radius 2 is 1.86 bits per heavy atom. The molecule has 0 aliphatic heterocycles. The number of hydrogen-bond acceptors (Lipinski definition) is 5. The average Bonchev–Trinajstić information content (AvgIpc) is 2.50. The fourth-order valence-corrected chi connectivity index (χ4v) is 2.82. The second kappa shape index (κ2) is 6.93. The van der Waals surface area contributed by atoms with E-state index in [1.807, 2.05) is 24.3 Å². The lowest BCUT2D eigenvalue weighted by Crippen LogP contribution is -2.21. The number of fused-ring (bicyclic) bond motifs is 1. The van der Waals surface area contributed by atoms with E-state index in [0.29, 0.717) is 11.3 Å². The third-order valence-electron chi connectivity index (χ3n) is 3.28. The summed E-state index contributed by atoms with van der Waals surface area (Å²) in [6.07, 6.45) is -2.05. The van der Waals surface area contributed by atoms with E-state index in [4.69, 9.17) is 4.74 Å². The normalized spacial score (nSPS) is 13.9. The summed E-state index contributed by atoms with van der Waals surface area (Å²) in [7, 11) is 1.59. The molecule has 0 saturated heterocycles. The Kier molecular flexibility index (Phi) is 5.22. The lowest BCUT2D eigenvalue weighted by Gasteiger charge is -2.20. The summed E-state index contributed by atoms with van der Waals surface area (Å²) in [5.74, 6) is 0.880. The van der Waals surface area contributed by atoms with Crippen LogP contribution in [0.15, 0.2) is 36.4 Å². The highest BCUT2D eigenvalue weighted by atomic mass is 32.2. The van der Waals surface area contributed by atoms with Crippen LogP contribution in [0, 0.1) is 0 Å². The van der Waals surface area contributed by atoms with Gasteiger partial charge < -0.3 is 14.9 Å². The largest absolute Gasteiger partial charge is 0.496 e. The molecule has 2 aromatic carbocycles. The smallest absolute Gasteiger partial charge is 0.185 e. The molecule has 112 valence electrons. The van der Waals surface area contributed by atoms with Crippen LogP contribution in [0.5, 0.6) is 5.75 Å². The van der Waals surface area contributed by atoms with Gasteiger partial charge in [0.25, 0.3) is 0 Å². The highest BCUT2D eigenvalue weighted by molar-refractivity contribution is 8.13. The van der Waals surface area contributed by atoms with E-state index in [9.17, 15) is 15.0 Å². The van der Waals surface area contributed by atoms with E-state index in [-0.39, 0.29) is 10.9 Å². The molecule has 0 heterocycles. The molecule has 2 unspecified atom stereocenters. The molecule has 21 heavy (non-hydrogen) atoms. The van der Waals surface area contributed by atoms with E-state index >= 15 is 0 Å². The van der Waals surface area contributed by atoms with Crippen molar-refractivity contribution in [1.29, 1.82) is 0 Å². The van der Waals surface area contributed by atoms with Crippen LogP contribution in [0.25, 0.3) is 10.8 Å². The summed E-state index contributed by atoms with van der Waals surface area (Å²) in [6.45, 7) is 1.44. The standard InChI is InChI=1S/C16H18O4S/c1-10(17)21-9-14(18)16(19)13-7-8-15(20-2)12-6-4-3-5-11(12)13/h3-8,14,16,18-19H,9H2,1-2H3. The predicted octanol–water partition coefficient (Wildman–Crippen LogP) is 2.52. The number of thioether (sulfide) groups is 1. The third-order valence-corrected chi connectivity index (χ3v) is 4.19. The molecule has 5 heteroatoms. The number of rotatable bonds is 5. The number of benzene rings is 2. The number of methoxy groups -OCH3 is 1. The molecule has 0 aliphatic carbocycles. The highest BCUT2D eigenvalue weighted by Gasteiger charge is 2.21. The van der Waals surface area contributed by atoms with Crippen molar-refractivity contribution in [2.45, 2.75) is 19.1 Å². The molecule has 0 aliphatic rings. The molecule has 0 saturated carbocycles. The first-order valence-corrected chi connectivity index (χ1v) is 7.58. The van der Waals surface area contributed by atoms with E-state index in [1.54, 1.807) is 19.2 Å². The Balaban J connectivity index is 2.35. The van der Waals surface area contributed by atoms with Crippen LogP contribution in [-0.4, -0.2) is 34.3 Å². The van der Waals surface area contributed by atoms with Crippen LogP contribution in [0.4, 0.5) is 0 Å². The monoisotopic (exact) mass is 306 g/mol. The maximum atomic E-state index is 11.0. The lowest BCUT2D eigenvalue weighted by atomic mass is 9.97. The van der Waals surface area contributed by atoms with Gasteiger partial charge in [-0.1, -0.05) is 42.1 Å². The number of carbonyl (C=O) groups is 1. The minimum absolute atomic E-state index is 0.0826. The Labute approximate surface area is 127 Å². The Hall–Kier alpha value is -1.56. The molecule has 0 aromatic heterocycles. The summed E-state index contributed by atoms with van der Waals surface area (Å²) < 4.78 is 5.31. The topological polar surface area (TPSA) is 66.8 Å². The van der Waals surface area contributed by atoms with Gasteiger partial charge in [0.2, 0.25) is 0 Å². The summed E-state index contributed by atoms with van der Waals surface area (Å²) in [6, 6.07) is 11.1.